The zero-order valence-electron chi connectivity index (χ0n) is 13.7. The van der Waals surface area contributed by atoms with Crippen LogP contribution in [-0.4, -0.2) is 36.5 Å². The molecule has 0 aromatic heterocycles. The Hall–Kier alpha value is -1.89. The lowest BCUT2D eigenvalue weighted by Crippen LogP contribution is -2.42. The second kappa shape index (κ2) is 8.28. The topological polar surface area (TPSA) is 84.5 Å². The van der Waals surface area contributed by atoms with Crippen LogP contribution in [0.25, 0.3) is 0 Å². The fourth-order valence-corrected chi connectivity index (χ4v) is 2.48. The molecule has 1 aliphatic rings. The predicted molar refractivity (Wildman–Crippen MR) is 92.4 cm³/mol. The maximum Gasteiger partial charge on any atom is 0.328 e. The second-order valence-electron chi connectivity index (χ2n) is 6.00. The fourth-order valence-electron chi connectivity index (χ4n) is 2.21. The second-order valence-corrected chi connectivity index (χ2v) is 6.92. The number of hydrogen-bond acceptors (Lipinski definition) is 4. The molecule has 0 aliphatic heterocycles. The molecule has 0 saturated heterocycles. The number of benzene rings is 1. The molecule has 0 bridgehead atoms. The van der Waals surface area contributed by atoms with Gasteiger partial charge in [0.25, 0.3) is 11.8 Å². The lowest BCUT2D eigenvalue weighted by Gasteiger charge is -2.15. The van der Waals surface area contributed by atoms with Crippen molar-refractivity contribution in [1.29, 1.82) is 0 Å². The summed E-state index contributed by atoms with van der Waals surface area (Å²) >= 11 is 3.29. The quantitative estimate of drug-likeness (QED) is 0.690. The highest BCUT2D eigenvalue weighted by Crippen LogP contribution is 2.32. The van der Waals surface area contributed by atoms with E-state index in [-0.39, 0.29) is 24.5 Å². The van der Waals surface area contributed by atoms with Crippen molar-refractivity contribution >= 4 is 33.7 Å². The normalized spacial score (nSPS) is 16.0. The zero-order valence-corrected chi connectivity index (χ0v) is 15.3. The largest absolute Gasteiger partial charge is 0.454 e. The van der Waals surface area contributed by atoms with E-state index in [4.69, 9.17) is 4.74 Å². The van der Waals surface area contributed by atoms with Crippen LogP contribution in [-0.2, 0) is 14.3 Å². The molecule has 1 aromatic rings. The van der Waals surface area contributed by atoms with Crippen molar-refractivity contribution in [3.63, 3.8) is 0 Å². The standard InChI is InChI=1S/C17H21BrN2O4/c1-10(12-3-4-12)19-15(21)9-24-17(23)11(2)20-16(22)13-5-7-14(18)8-6-13/h5-8,10-12H,3-4,9H2,1-2H3,(H,19,21)(H,20,22)/t10-,11-/m0/s1. The maximum absolute atomic E-state index is 12.0. The Morgan fingerprint density at radius 3 is 2.38 bits per heavy atom. The first-order chi connectivity index (χ1) is 11.4. The smallest absolute Gasteiger partial charge is 0.328 e. The Kier molecular flexibility index (Phi) is 6.36. The molecule has 7 heteroatoms. The van der Waals surface area contributed by atoms with Crippen LogP contribution in [0.4, 0.5) is 0 Å². The van der Waals surface area contributed by atoms with Crippen molar-refractivity contribution in [2.45, 2.75) is 38.8 Å². The number of hydrogen-bond donors (Lipinski definition) is 2. The first kappa shape index (κ1) is 18.4. The van der Waals surface area contributed by atoms with E-state index in [9.17, 15) is 14.4 Å². The number of halogens is 1. The van der Waals surface area contributed by atoms with E-state index in [1.54, 1.807) is 24.3 Å². The van der Waals surface area contributed by atoms with Gasteiger partial charge in [0.2, 0.25) is 0 Å². The van der Waals surface area contributed by atoms with Crippen molar-refractivity contribution in [2.75, 3.05) is 6.61 Å². The third-order valence-corrected chi connectivity index (χ3v) is 4.40. The fraction of sp³-hybridized carbons (Fsp3) is 0.471. The highest BCUT2D eigenvalue weighted by atomic mass is 79.9. The molecule has 1 aromatic carbocycles. The summed E-state index contributed by atoms with van der Waals surface area (Å²) in [5, 5.41) is 5.35. The minimum absolute atomic E-state index is 0.103. The molecular formula is C17H21BrN2O4. The van der Waals surface area contributed by atoms with Crippen molar-refractivity contribution in [3.8, 4) is 0 Å². The predicted octanol–water partition coefficient (Wildman–Crippen LogP) is 2.03. The summed E-state index contributed by atoms with van der Waals surface area (Å²) in [4.78, 5) is 35.6. The van der Waals surface area contributed by atoms with Gasteiger partial charge in [0.1, 0.15) is 6.04 Å². The summed E-state index contributed by atoms with van der Waals surface area (Å²) in [5.41, 5.74) is 0.439. The van der Waals surface area contributed by atoms with Crippen molar-refractivity contribution in [1.82, 2.24) is 10.6 Å². The molecule has 1 aliphatic carbocycles. The van der Waals surface area contributed by atoms with Gasteiger partial charge in [-0.3, -0.25) is 9.59 Å². The lowest BCUT2D eigenvalue weighted by atomic mass is 10.2. The van der Waals surface area contributed by atoms with Crippen LogP contribution >= 0.6 is 15.9 Å². The van der Waals surface area contributed by atoms with Gasteiger partial charge in [-0.1, -0.05) is 15.9 Å². The summed E-state index contributed by atoms with van der Waals surface area (Å²) in [5.74, 6) is -0.809. The number of rotatable bonds is 7. The minimum atomic E-state index is -0.838. The summed E-state index contributed by atoms with van der Waals surface area (Å²) in [7, 11) is 0. The SMILES string of the molecule is C[C@H](NC(=O)c1ccc(Br)cc1)C(=O)OCC(=O)N[C@@H](C)C1CC1. The first-order valence-corrected chi connectivity index (χ1v) is 8.68. The number of amides is 2. The summed E-state index contributed by atoms with van der Waals surface area (Å²) in [6, 6.07) is 6.03. The van der Waals surface area contributed by atoms with Gasteiger partial charge in [-0.15, -0.1) is 0 Å². The lowest BCUT2D eigenvalue weighted by molar-refractivity contribution is -0.150. The Balaban J connectivity index is 1.73. The van der Waals surface area contributed by atoms with Crippen LogP contribution in [0.15, 0.2) is 28.7 Å². The molecule has 1 saturated carbocycles. The van der Waals surface area contributed by atoms with Gasteiger partial charge in [0.05, 0.1) is 0 Å². The number of carbonyl (C=O) groups excluding carboxylic acids is 3. The van der Waals surface area contributed by atoms with Crippen LogP contribution in [0.5, 0.6) is 0 Å². The maximum atomic E-state index is 12.0. The Morgan fingerprint density at radius 2 is 1.79 bits per heavy atom. The average molecular weight is 397 g/mol. The molecule has 24 heavy (non-hydrogen) atoms. The van der Waals surface area contributed by atoms with E-state index in [1.165, 1.54) is 6.92 Å². The molecule has 130 valence electrons. The van der Waals surface area contributed by atoms with Gasteiger partial charge in [-0.05, 0) is 56.9 Å². The third kappa shape index (κ3) is 5.63. The molecular weight excluding hydrogens is 376 g/mol. The molecule has 6 nitrogen and oxygen atoms in total. The Labute approximate surface area is 149 Å². The van der Waals surface area contributed by atoms with Crippen LogP contribution in [0.3, 0.4) is 0 Å². The molecule has 2 atom stereocenters. The third-order valence-electron chi connectivity index (χ3n) is 3.87. The highest BCUT2D eigenvalue weighted by molar-refractivity contribution is 9.10. The van der Waals surface area contributed by atoms with Crippen LogP contribution in [0.2, 0.25) is 0 Å². The van der Waals surface area contributed by atoms with Gasteiger partial charge in [0.15, 0.2) is 6.61 Å². The Morgan fingerprint density at radius 1 is 1.17 bits per heavy atom. The zero-order chi connectivity index (χ0) is 17.7. The molecule has 0 spiro atoms. The van der Waals surface area contributed by atoms with E-state index in [0.29, 0.717) is 11.5 Å². The van der Waals surface area contributed by atoms with Gasteiger partial charge in [0, 0.05) is 16.1 Å². The van der Waals surface area contributed by atoms with E-state index in [1.807, 2.05) is 6.92 Å². The molecule has 0 heterocycles. The number of esters is 1. The molecule has 2 N–H and O–H groups in total. The summed E-state index contributed by atoms with van der Waals surface area (Å²) < 4.78 is 5.81. The van der Waals surface area contributed by atoms with Crippen LogP contribution in [0.1, 0.15) is 37.0 Å². The molecule has 0 unspecified atom stereocenters. The van der Waals surface area contributed by atoms with Gasteiger partial charge < -0.3 is 15.4 Å². The molecule has 1 fully saturated rings. The number of nitrogens with one attached hydrogen (secondary N) is 2. The van der Waals surface area contributed by atoms with Crippen LogP contribution < -0.4 is 10.6 Å². The number of ether oxygens (including phenoxy) is 1. The van der Waals surface area contributed by atoms with Crippen molar-refractivity contribution in [2.24, 2.45) is 5.92 Å². The van der Waals surface area contributed by atoms with Gasteiger partial charge in [-0.2, -0.15) is 0 Å². The van der Waals surface area contributed by atoms with Gasteiger partial charge >= 0.3 is 5.97 Å². The van der Waals surface area contributed by atoms with E-state index in [2.05, 4.69) is 26.6 Å². The summed E-state index contributed by atoms with van der Waals surface area (Å²) in [6.45, 7) is 3.12. The van der Waals surface area contributed by atoms with Crippen molar-refractivity contribution in [3.05, 3.63) is 34.3 Å². The monoisotopic (exact) mass is 396 g/mol. The molecule has 2 amide bonds. The van der Waals surface area contributed by atoms with E-state index >= 15 is 0 Å². The Bertz CT molecular complexity index is 614. The average Bonchev–Trinajstić information content (AvgIpc) is 3.37. The van der Waals surface area contributed by atoms with Crippen molar-refractivity contribution < 1.29 is 19.1 Å². The summed E-state index contributed by atoms with van der Waals surface area (Å²) in [6.07, 6.45) is 2.25. The van der Waals surface area contributed by atoms with E-state index in [0.717, 1.165) is 17.3 Å². The minimum Gasteiger partial charge on any atom is -0.454 e. The van der Waals surface area contributed by atoms with E-state index < -0.39 is 12.0 Å². The first-order valence-electron chi connectivity index (χ1n) is 7.89. The number of carbonyl (C=O) groups is 3. The molecule has 2 rings (SSSR count). The highest BCUT2D eigenvalue weighted by Gasteiger charge is 2.29. The van der Waals surface area contributed by atoms with Crippen LogP contribution in [0, 0.1) is 5.92 Å². The van der Waals surface area contributed by atoms with Gasteiger partial charge in [-0.25, -0.2) is 4.79 Å². The molecule has 0 radical (unpaired) electrons.